The first kappa shape index (κ1) is 11.1. The van der Waals surface area contributed by atoms with Crippen molar-refractivity contribution < 1.29 is 14.7 Å². The molecule has 0 atom stereocenters. The molecule has 2 aromatic rings. The number of carboxylic acids is 1. The number of hydrogen-bond acceptors (Lipinski definition) is 5. The maximum atomic E-state index is 11.4. The second-order valence-electron chi connectivity index (χ2n) is 3.27. The number of carboxylic acid groups (broad SMARTS) is 1. The molecule has 2 rings (SSSR count). The summed E-state index contributed by atoms with van der Waals surface area (Å²) >= 11 is 0.919. The number of H-pyrrole nitrogens is 1. The quantitative estimate of drug-likeness (QED) is 0.595. The number of nitrogen functional groups attached to an aromatic ring is 1. The van der Waals surface area contributed by atoms with E-state index in [2.05, 4.69) is 4.98 Å². The lowest BCUT2D eigenvalue weighted by molar-refractivity contribution is 0.0695. The van der Waals surface area contributed by atoms with E-state index < -0.39 is 23.0 Å². The third-order valence-corrected chi connectivity index (χ3v) is 3.35. The first-order valence-electron chi connectivity index (χ1n) is 4.40. The summed E-state index contributed by atoms with van der Waals surface area (Å²) in [5.74, 6) is -2.08. The summed E-state index contributed by atoms with van der Waals surface area (Å²) in [5, 5.41) is 9.09. The van der Waals surface area contributed by atoms with Crippen LogP contribution in [0, 0.1) is 0 Å². The fourth-order valence-corrected chi connectivity index (χ4v) is 2.36. The van der Waals surface area contributed by atoms with Gasteiger partial charge in [-0.2, -0.15) is 0 Å². The maximum absolute atomic E-state index is 11.4. The highest BCUT2D eigenvalue weighted by Crippen LogP contribution is 2.31. The van der Waals surface area contributed by atoms with Crippen LogP contribution in [0.1, 0.15) is 20.0 Å². The molecule has 0 saturated carbocycles. The van der Waals surface area contributed by atoms with E-state index in [0.717, 1.165) is 17.4 Å². The van der Waals surface area contributed by atoms with Crippen molar-refractivity contribution in [3.8, 4) is 0 Å². The van der Waals surface area contributed by atoms with Gasteiger partial charge in [0.15, 0.2) is 0 Å². The number of aromatic nitrogens is 1. The average molecular weight is 253 g/mol. The van der Waals surface area contributed by atoms with Crippen LogP contribution in [0.3, 0.4) is 0 Å². The molecule has 0 aliphatic rings. The van der Waals surface area contributed by atoms with Gasteiger partial charge in [-0.1, -0.05) is 0 Å². The standard InChI is InChI=1S/C9H7N3O4S/c10-4-2-1-3(9(15)16)7(14)12-8(2)17-5(4)6(11)13/h1H,10H2,(H2,11,13)(H,12,14)(H,15,16). The van der Waals surface area contributed by atoms with Gasteiger partial charge in [0.2, 0.25) is 0 Å². The molecule has 7 nitrogen and oxygen atoms in total. The number of aromatic amines is 1. The average Bonchev–Trinajstić information content (AvgIpc) is 2.54. The highest BCUT2D eigenvalue weighted by Gasteiger charge is 2.18. The van der Waals surface area contributed by atoms with Gasteiger partial charge in [-0.15, -0.1) is 11.3 Å². The number of thiophene rings is 1. The Balaban J connectivity index is 2.86. The predicted molar refractivity (Wildman–Crippen MR) is 62.3 cm³/mol. The van der Waals surface area contributed by atoms with Gasteiger partial charge in [0.1, 0.15) is 15.3 Å². The van der Waals surface area contributed by atoms with Crippen LogP contribution in [0.15, 0.2) is 10.9 Å². The summed E-state index contributed by atoms with van der Waals surface area (Å²) in [6, 6.07) is 1.13. The van der Waals surface area contributed by atoms with Gasteiger partial charge >= 0.3 is 5.97 Å². The van der Waals surface area contributed by atoms with E-state index in [1.54, 1.807) is 0 Å². The molecule has 2 heterocycles. The lowest BCUT2D eigenvalue weighted by atomic mass is 10.2. The highest BCUT2D eigenvalue weighted by molar-refractivity contribution is 7.21. The van der Waals surface area contributed by atoms with Gasteiger partial charge in [-0.3, -0.25) is 9.59 Å². The van der Waals surface area contributed by atoms with Gasteiger partial charge in [-0.25, -0.2) is 4.79 Å². The van der Waals surface area contributed by atoms with Crippen LogP contribution >= 0.6 is 11.3 Å². The fourth-order valence-electron chi connectivity index (χ4n) is 1.42. The SMILES string of the molecule is NC(=O)c1sc2[nH]c(=O)c(C(=O)O)cc2c1N. The number of amides is 1. The van der Waals surface area contributed by atoms with E-state index >= 15 is 0 Å². The largest absolute Gasteiger partial charge is 0.477 e. The number of anilines is 1. The third kappa shape index (κ3) is 1.64. The Hall–Kier alpha value is -2.35. The molecule has 0 unspecified atom stereocenters. The Morgan fingerprint density at radius 1 is 1.41 bits per heavy atom. The number of pyridine rings is 1. The highest BCUT2D eigenvalue weighted by atomic mass is 32.1. The van der Waals surface area contributed by atoms with Gasteiger partial charge in [0, 0.05) is 5.39 Å². The molecule has 6 N–H and O–H groups in total. The Kier molecular flexibility index (Phi) is 2.36. The van der Waals surface area contributed by atoms with Gasteiger partial charge in [-0.05, 0) is 6.07 Å². The number of carbonyl (C=O) groups is 2. The third-order valence-electron chi connectivity index (χ3n) is 2.20. The molecular formula is C9H7N3O4S. The van der Waals surface area contributed by atoms with Crippen molar-refractivity contribution in [2.75, 3.05) is 5.73 Å². The number of carbonyl (C=O) groups excluding carboxylic acids is 1. The summed E-state index contributed by atoms with van der Waals surface area (Å²) in [5.41, 5.74) is 9.65. The van der Waals surface area contributed by atoms with Crippen molar-refractivity contribution in [1.29, 1.82) is 0 Å². The predicted octanol–water partition coefficient (Wildman–Crippen LogP) is -0.0311. The van der Waals surface area contributed by atoms with E-state index in [9.17, 15) is 14.4 Å². The molecule has 0 spiro atoms. The topological polar surface area (TPSA) is 139 Å². The van der Waals surface area contributed by atoms with E-state index in [1.165, 1.54) is 0 Å². The first-order chi connectivity index (χ1) is 7.91. The molecule has 88 valence electrons. The summed E-state index contributed by atoms with van der Waals surface area (Å²) in [4.78, 5) is 36.0. The van der Waals surface area contributed by atoms with Crippen LogP contribution in [-0.2, 0) is 0 Å². The summed E-state index contributed by atoms with van der Waals surface area (Å²) < 4.78 is 0. The lowest BCUT2D eigenvalue weighted by Gasteiger charge is -1.95. The normalized spacial score (nSPS) is 10.6. The van der Waals surface area contributed by atoms with Crippen LogP contribution < -0.4 is 17.0 Å². The molecule has 0 aliphatic carbocycles. The molecule has 17 heavy (non-hydrogen) atoms. The minimum Gasteiger partial charge on any atom is -0.477 e. The number of primary amides is 1. The molecule has 0 fully saturated rings. The molecule has 0 aromatic carbocycles. The summed E-state index contributed by atoms with van der Waals surface area (Å²) in [6.07, 6.45) is 0. The smallest absolute Gasteiger partial charge is 0.341 e. The Labute approximate surface area is 97.7 Å². The zero-order chi connectivity index (χ0) is 12.7. The van der Waals surface area contributed by atoms with Crippen molar-refractivity contribution in [2.45, 2.75) is 0 Å². The first-order valence-corrected chi connectivity index (χ1v) is 5.22. The van der Waals surface area contributed by atoms with Crippen LogP contribution in [0.25, 0.3) is 10.2 Å². The number of fused-ring (bicyclic) bond motifs is 1. The van der Waals surface area contributed by atoms with Crippen molar-refractivity contribution in [3.05, 3.63) is 26.9 Å². The maximum Gasteiger partial charge on any atom is 0.341 e. The van der Waals surface area contributed by atoms with Gasteiger partial charge < -0.3 is 21.6 Å². The van der Waals surface area contributed by atoms with Crippen molar-refractivity contribution in [1.82, 2.24) is 4.98 Å². The number of aromatic carboxylic acids is 1. The Bertz CT molecular complexity index is 700. The molecular weight excluding hydrogens is 246 g/mol. The Morgan fingerprint density at radius 3 is 2.59 bits per heavy atom. The van der Waals surface area contributed by atoms with Crippen LogP contribution in [0.2, 0.25) is 0 Å². The van der Waals surface area contributed by atoms with E-state index in [-0.39, 0.29) is 10.6 Å². The van der Waals surface area contributed by atoms with Crippen LogP contribution in [0.5, 0.6) is 0 Å². The Morgan fingerprint density at radius 2 is 2.06 bits per heavy atom. The zero-order valence-corrected chi connectivity index (χ0v) is 9.13. The number of hydrogen-bond donors (Lipinski definition) is 4. The minimum atomic E-state index is -1.36. The minimum absolute atomic E-state index is 0.0799. The van der Waals surface area contributed by atoms with E-state index in [1.807, 2.05) is 0 Å². The molecule has 0 saturated heterocycles. The monoisotopic (exact) mass is 253 g/mol. The molecule has 1 amide bonds. The van der Waals surface area contributed by atoms with Crippen molar-refractivity contribution in [3.63, 3.8) is 0 Å². The van der Waals surface area contributed by atoms with Crippen LogP contribution in [0.4, 0.5) is 5.69 Å². The molecule has 0 aliphatic heterocycles. The lowest BCUT2D eigenvalue weighted by Crippen LogP contribution is -2.16. The summed E-state index contributed by atoms with van der Waals surface area (Å²) in [6.45, 7) is 0. The van der Waals surface area contributed by atoms with E-state index in [4.69, 9.17) is 16.6 Å². The molecule has 2 aromatic heterocycles. The second-order valence-corrected chi connectivity index (χ2v) is 4.29. The fraction of sp³-hybridized carbons (Fsp3) is 0. The van der Waals surface area contributed by atoms with Crippen molar-refractivity contribution in [2.24, 2.45) is 5.73 Å². The second kappa shape index (κ2) is 3.59. The molecule has 0 bridgehead atoms. The number of nitrogens with one attached hydrogen (secondary N) is 1. The van der Waals surface area contributed by atoms with Gasteiger partial charge in [0.25, 0.3) is 11.5 Å². The van der Waals surface area contributed by atoms with Gasteiger partial charge in [0.05, 0.1) is 5.69 Å². The van der Waals surface area contributed by atoms with Crippen molar-refractivity contribution >= 4 is 39.1 Å². The van der Waals surface area contributed by atoms with Crippen LogP contribution in [-0.4, -0.2) is 22.0 Å². The zero-order valence-electron chi connectivity index (χ0n) is 8.31. The number of nitrogens with two attached hydrogens (primary N) is 2. The van der Waals surface area contributed by atoms with E-state index in [0.29, 0.717) is 10.2 Å². The molecule has 8 heteroatoms. The molecule has 0 radical (unpaired) electrons. The summed E-state index contributed by atoms with van der Waals surface area (Å²) in [7, 11) is 0. The number of rotatable bonds is 2.